The Morgan fingerprint density at radius 2 is 0.519 bits per heavy atom. The molecule has 0 aromatic heterocycles. The number of amides is 10. The van der Waals surface area contributed by atoms with Gasteiger partial charge in [-0.3, -0.25) is 47.9 Å². The predicted molar refractivity (Wildman–Crippen MR) is 533 cm³/mol. The van der Waals surface area contributed by atoms with Gasteiger partial charge in [0, 0.05) is 185 Å². The monoisotopic (exact) mass is 1870 g/mol. The van der Waals surface area contributed by atoms with Crippen LogP contribution in [0.1, 0.15) is 379 Å². The molecule has 133 heavy (non-hydrogen) atoms. The van der Waals surface area contributed by atoms with Gasteiger partial charge in [0.2, 0.25) is 47.3 Å². The van der Waals surface area contributed by atoms with Crippen molar-refractivity contribution in [2.24, 2.45) is 99.6 Å². The minimum absolute atomic E-state index is 0.125. The lowest BCUT2D eigenvalue weighted by molar-refractivity contribution is -0.186. The van der Waals surface area contributed by atoms with Crippen LogP contribution >= 0.6 is 0 Å². The Balaban J connectivity index is 0.000000228. The van der Waals surface area contributed by atoms with Gasteiger partial charge in [0.1, 0.15) is 0 Å². The van der Waals surface area contributed by atoms with Crippen LogP contribution in [0, 0.1) is 99.6 Å². The summed E-state index contributed by atoms with van der Waals surface area (Å²) < 4.78 is 35.8. The van der Waals surface area contributed by atoms with Gasteiger partial charge in [0.05, 0.1) is 0 Å². The molecular weight excluding hydrogens is 1680 g/mol. The second kappa shape index (κ2) is 59.2. The first-order chi connectivity index (χ1) is 62.9. The highest BCUT2D eigenvalue weighted by Gasteiger charge is 2.44. The van der Waals surface area contributed by atoms with E-state index in [1.54, 1.807) is 0 Å². The second-order valence-electron chi connectivity index (χ2n) is 46.2. The van der Waals surface area contributed by atoms with Crippen molar-refractivity contribution in [3.8, 4) is 0 Å². The van der Waals surface area contributed by atoms with Gasteiger partial charge in [0.15, 0.2) is 0 Å². The van der Waals surface area contributed by atoms with Crippen LogP contribution in [0.15, 0.2) is 30.3 Å². The summed E-state index contributed by atoms with van der Waals surface area (Å²) in [5, 5.41) is 0. The number of carbonyl (C=O) groups is 10. The van der Waals surface area contributed by atoms with Gasteiger partial charge in [0.25, 0.3) is 5.91 Å². The molecule has 15 rings (SSSR count). The van der Waals surface area contributed by atoms with Crippen LogP contribution in [0.4, 0.5) is 13.2 Å². The molecule has 10 saturated heterocycles. The molecule has 0 bridgehead atoms. The van der Waals surface area contributed by atoms with Crippen LogP contribution in [0.5, 0.6) is 0 Å². The number of hydrogen-bond donors (Lipinski definition) is 0. The molecule has 14 aliphatic rings. The lowest BCUT2D eigenvalue weighted by Crippen LogP contribution is -2.45. The van der Waals surface area contributed by atoms with E-state index in [1.165, 1.54) is 141 Å². The number of carbonyl (C=O) groups excluding carboxylic acids is 10. The van der Waals surface area contributed by atoms with Crippen LogP contribution in [-0.2, 0) is 43.2 Å². The maximum Gasteiger partial charge on any atom is 0.471 e. The molecule has 10 heterocycles. The number of rotatable bonds is 9. The lowest BCUT2D eigenvalue weighted by Gasteiger charge is -2.35. The highest BCUT2D eigenvalue weighted by atomic mass is 19.4. The van der Waals surface area contributed by atoms with Gasteiger partial charge in [-0.15, -0.1) is 0 Å². The standard InChI is InChI=1S/C13H23NO.C13H17NO.C12H21NO.C12H23NO.C11H19NO.2C11H21NO.C10H17NO.C9H17NO.C8H12F3NO/c2*1-11-7-9-14(10-8-11)13(15)12-5-3-2-4-6-12;1-10-6-8-13(9-7-10)12(14)11-4-2-3-5-11;1-10-5-7-13(8-6-10)11(14)9-12(2,3)4;1-9-5-7-12(8-6-9)11(13)10-3-2-4-10;1-9-5-7-12(8-6-9)10(13)11(2,3)4;1-9(2)8-11(13)12-6-4-10(3)5-7-12;1-8-4-6-11(7-5-8)10(12)9-2-3-9;1-3-9(11)10-6-4-8(2)5-7-10;1-6-2-4-12(5-3-6)7(13)8(9,10)11/h11-12H,2-10H2,1H3;2-6,11H,7-10H2,1H3;10-11H,2-9H2,1H3;10H,5-9H2,1-4H3;9-10H,2-8H2,1H3;9H,5-8H2,1-4H3;9-10H,4-8H2,1-3H3;8-9H,2-7H2,1H3;8H,3-7H2,1-2H3;6H,2-5H2,1H3. The van der Waals surface area contributed by atoms with Gasteiger partial charge in [-0.2, -0.15) is 13.2 Å². The summed E-state index contributed by atoms with van der Waals surface area (Å²) in [7, 11) is 0. The number of halogens is 3. The van der Waals surface area contributed by atoms with E-state index in [2.05, 4.69) is 117 Å². The summed E-state index contributed by atoms with van der Waals surface area (Å²) in [6.07, 6.45) is 36.9. The molecule has 14 fully saturated rings. The number of likely N-dealkylation sites (tertiary alicyclic amines) is 10. The maximum absolute atomic E-state index is 12.2. The van der Waals surface area contributed by atoms with Crippen molar-refractivity contribution in [1.82, 2.24) is 49.0 Å². The Kier molecular flexibility index (Phi) is 51.4. The third-order valence-electron chi connectivity index (χ3n) is 30.5. The normalized spacial score (nSPS) is 22.1. The molecule has 10 aliphatic heterocycles. The molecule has 762 valence electrons. The summed E-state index contributed by atoms with van der Waals surface area (Å²) in [5.41, 5.74) is 0.729. The molecule has 1 aromatic carbocycles. The Hall–Kier alpha value is -6.29. The van der Waals surface area contributed by atoms with Gasteiger partial charge in [-0.05, 0) is 262 Å². The Morgan fingerprint density at radius 3 is 0.759 bits per heavy atom. The van der Waals surface area contributed by atoms with Crippen LogP contribution in [0.3, 0.4) is 0 Å². The summed E-state index contributed by atoms with van der Waals surface area (Å²) in [6, 6.07) is 9.55. The average Bonchev–Trinajstić information content (AvgIpc) is 1.72. The number of nitrogens with zero attached hydrogens (tertiary/aromatic N) is 10. The van der Waals surface area contributed by atoms with Crippen molar-refractivity contribution in [2.75, 3.05) is 131 Å². The second-order valence-corrected chi connectivity index (χ2v) is 46.2. The predicted octanol–water partition coefficient (Wildman–Crippen LogP) is 22.2. The first kappa shape index (κ1) is 115. The van der Waals surface area contributed by atoms with Crippen molar-refractivity contribution in [3.63, 3.8) is 0 Å². The SMILES string of the molecule is CC(C)CC(=O)N1CCC(C)CC1.CC1CCN(C(=O)C(C)(C)C)CC1.CC1CCN(C(=O)C(F)(F)F)CC1.CC1CCN(C(=O)C2CC2)CC1.CC1CCN(C(=O)C2CCC2)CC1.CC1CCN(C(=O)C2CCCC2)CC1.CC1CCN(C(=O)C2CCCCC2)CC1.CC1CCN(C(=O)CC(C)(C)C)CC1.CC1CCN(C(=O)c2ccccc2)CC1.CCC(=O)N1CCC(C)CC1. The van der Waals surface area contributed by atoms with Crippen molar-refractivity contribution >= 4 is 59.1 Å². The van der Waals surface area contributed by atoms with E-state index in [0.29, 0.717) is 115 Å². The fourth-order valence-corrected chi connectivity index (χ4v) is 19.5. The molecule has 10 amide bonds. The van der Waals surface area contributed by atoms with Crippen LogP contribution in [-0.4, -0.2) is 245 Å². The first-order valence-electron chi connectivity index (χ1n) is 53.9. The van der Waals surface area contributed by atoms with Crippen molar-refractivity contribution in [2.45, 2.75) is 375 Å². The third-order valence-corrected chi connectivity index (χ3v) is 30.5. The smallest absolute Gasteiger partial charge is 0.343 e. The fourth-order valence-electron chi connectivity index (χ4n) is 19.5. The molecule has 0 atom stereocenters. The lowest BCUT2D eigenvalue weighted by atomic mass is 9.83. The van der Waals surface area contributed by atoms with E-state index in [4.69, 9.17) is 0 Å². The van der Waals surface area contributed by atoms with Gasteiger partial charge in [-0.1, -0.05) is 188 Å². The molecule has 4 saturated carbocycles. The summed E-state index contributed by atoms with van der Waals surface area (Å²) in [6.45, 7) is 59.1. The maximum atomic E-state index is 12.2. The zero-order valence-electron chi connectivity index (χ0n) is 87.5. The van der Waals surface area contributed by atoms with Gasteiger partial charge in [-0.25, -0.2) is 0 Å². The van der Waals surface area contributed by atoms with Crippen LogP contribution in [0.25, 0.3) is 0 Å². The average molecular weight is 1870 g/mol. The van der Waals surface area contributed by atoms with E-state index in [0.717, 1.165) is 246 Å². The minimum atomic E-state index is -4.71. The summed E-state index contributed by atoms with van der Waals surface area (Å²) in [5.74, 6) is 11.3. The number of hydrogen-bond acceptors (Lipinski definition) is 10. The van der Waals surface area contributed by atoms with Crippen molar-refractivity contribution in [1.29, 1.82) is 0 Å². The zero-order valence-corrected chi connectivity index (χ0v) is 87.5. The van der Waals surface area contributed by atoms with E-state index < -0.39 is 12.1 Å². The molecule has 0 spiro atoms. The number of piperidine rings is 10. The van der Waals surface area contributed by atoms with Crippen molar-refractivity contribution < 1.29 is 61.1 Å². The summed E-state index contributed by atoms with van der Waals surface area (Å²) in [4.78, 5) is 136. The molecule has 1 aromatic rings. The molecular formula is C110H191F3N10O10. The minimum Gasteiger partial charge on any atom is -0.343 e. The van der Waals surface area contributed by atoms with E-state index in [-0.39, 0.29) is 29.8 Å². The van der Waals surface area contributed by atoms with Crippen LogP contribution < -0.4 is 0 Å². The highest BCUT2D eigenvalue weighted by molar-refractivity contribution is 5.94. The van der Waals surface area contributed by atoms with E-state index in [1.807, 2.05) is 89.5 Å². The van der Waals surface area contributed by atoms with E-state index in [9.17, 15) is 61.1 Å². The molecule has 0 radical (unpaired) electrons. The fraction of sp³-hybridized carbons (Fsp3) is 0.855. The number of alkyl halides is 3. The third kappa shape index (κ3) is 44.2. The Bertz CT molecular complexity index is 3460. The molecule has 0 N–H and O–H groups in total. The summed E-state index contributed by atoms with van der Waals surface area (Å²) >= 11 is 0. The quantitative estimate of drug-likeness (QED) is 0.229. The van der Waals surface area contributed by atoms with Crippen LogP contribution in [0.2, 0.25) is 0 Å². The Labute approximate surface area is 806 Å². The molecule has 0 unspecified atom stereocenters. The van der Waals surface area contributed by atoms with Gasteiger partial charge >= 0.3 is 12.1 Å². The molecule has 4 aliphatic carbocycles. The van der Waals surface area contributed by atoms with E-state index >= 15 is 0 Å². The highest BCUT2D eigenvalue weighted by Crippen LogP contribution is 2.36. The first-order valence-corrected chi connectivity index (χ1v) is 53.9. The molecule has 20 nitrogen and oxygen atoms in total. The van der Waals surface area contributed by atoms with Crippen molar-refractivity contribution in [3.05, 3.63) is 35.9 Å². The Morgan fingerprint density at radius 1 is 0.286 bits per heavy atom. The molecule has 23 heteroatoms. The largest absolute Gasteiger partial charge is 0.471 e. The topological polar surface area (TPSA) is 203 Å². The number of benzene rings is 1. The zero-order chi connectivity index (χ0) is 98.1. The van der Waals surface area contributed by atoms with Gasteiger partial charge < -0.3 is 49.0 Å².